The Morgan fingerprint density at radius 1 is 1.00 bits per heavy atom. The lowest BCUT2D eigenvalue weighted by molar-refractivity contribution is 0.0954. The van der Waals surface area contributed by atoms with Gasteiger partial charge in [0.15, 0.2) is 0 Å². The zero-order valence-corrected chi connectivity index (χ0v) is 13.6. The van der Waals surface area contributed by atoms with E-state index in [4.69, 9.17) is 0 Å². The van der Waals surface area contributed by atoms with Crippen molar-refractivity contribution in [3.05, 3.63) is 84.2 Å². The number of aromatic hydroxyl groups is 1. The molecule has 0 fully saturated rings. The van der Waals surface area contributed by atoms with Crippen molar-refractivity contribution in [3.8, 4) is 5.75 Å². The number of carbonyl (C=O) groups is 1. The molecule has 2 aromatic carbocycles. The van der Waals surface area contributed by atoms with Crippen molar-refractivity contribution in [3.63, 3.8) is 0 Å². The van der Waals surface area contributed by atoms with Gasteiger partial charge < -0.3 is 5.11 Å². The second-order valence-corrected chi connectivity index (χ2v) is 5.22. The topological polar surface area (TPSA) is 99.3 Å². The molecule has 0 aliphatic heterocycles. The summed E-state index contributed by atoms with van der Waals surface area (Å²) < 4.78 is 0. The van der Waals surface area contributed by atoms with Crippen LogP contribution in [0.1, 0.15) is 15.9 Å². The monoisotopic (exact) mass is 345 g/mol. The van der Waals surface area contributed by atoms with Crippen LogP contribution in [-0.2, 0) is 0 Å². The summed E-state index contributed by atoms with van der Waals surface area (Å²) >= 11 is 0. The number of rotatable bonds is 5. The van der Waals surface area contributed by atoms with Crippen molar-refractivity contribution in [1.29, 1.82) is 0 Å². The number of phenolic OH excluding ortho intramolecular Hbond substituents is 1. The van der Waals surface area contributed by atoms with E-state index in [0.717, 1.165) is 5.69 Å². The molecule has 3 aromatic rings. The van der Waals surface area contributed by atoms with Crippen molar-refractivity contribution in [2.24, 2.45) is 15.3 Å². The van der Waals surface area contributed by atoms with Crippen molar-refractivity contribution >= 4 is 23.5 Å². The van der Waals surface area contributed by atoms with E-state index in [1.165, 1.54) is 18.5 Å². The summed E-state index contributed by atoms with van der Waals surface area (Å²) in [5.74, 6) is -0.378. The van der Waals surface area contributed by atoms with Gasteiger partial charge in [-0.2, -0.15) is 15.3 Å². The highest BCUT2D eigenvalue weighted by Crippen LogP contribution is 2.23. The molecule has 26 heavy (non-hydrogen) atoms. The molecule has 0 aliphatic rings. The number of aromatic nitrogens is 1. The van der Waals surface area contributed by atoms with Gasteiger partial charge in [-0.15, -0.1) is 0 Å². The van der Waals surface area contributed by atoms with Gasteiger partial charge in [-0.05, 0) is 42.5 Å². The van der Waals surface area contributed by atoms with E-state index in [9.17, 15) is 9.90 Å². The van der Waals surface area contributed by atoms with Gasteiger partial charge in [0, 0.05) is 18.0 Å². The van der Waals surface area contributed by atoms with Gasteiger partial charge in [0.1, 0.15) is 5.75 Å². The molecule has 0 atom stereocenters. The van der Waals surface area contributed by atoms with Crippen LogP contribution in [0.2, 0.25) is 0 Å². The fourth-order valence-electron chi connectivity index (χ4n) is 2.04. The minimum atomic E-state index is -0.395. The average Bonchev–Trinajstić information content (AvgIpc) is 2.69. The van der Waals surface area contributed by atoms with Crippen LogP contribution in [0.4, 0.5) is 11.4 Å². The van der Waals surface area contributed by atoms with Crippen molar-refractivity contribution in [1.82, 2.24) is 10.4 Å². The Morgan fingerprint density at radius 3 is 2.58 bits per heavy atom. The molecule has 0 radical (unpaired) electrons. The maximum atomic E-state index is 11.9. The highest BCUT2D eigenvalue weighted by Gasteiger charge is 2.04. The minimum absolute atomic E-state index is 0.0167. The third-order valence-electron chi connectivity index (χ3n) is 3.34. The van der Waals surface area contributed by atoms with E-state index in [0.29, 0.717) is 16.8 Å². The molecule has 1 heterocycles. The van der Waals surface area contributed by atoms with Gasteiger partial charge in [0.05, 0.1) is 23.2 Å². The summed E-state index contributed by atoms with van der Waals surface area (Å²) in [7, 11) is 0. The molecular weight excluding hydrogens is 330 g/mol. The molecule has 1 aromatic heterocycles. The lowest BCUT2D eigenvalue weighted by atomic mass is 10.2. The number of benzene rings is 2. The van der Waals surface area contributed by atoms with E-state index in [2.05, 4.69) is 25.7 Å². The quantitative estimate of drug-likeness (QED) is 0.416. The Kier molecular flexibility index (Phi) is 5.41. The second-order valence-electron chi connectivity index (χ2n) is 5.22. The zero-order valence-electron chi connectivity index (χ0n) is 13.6. The van der Waals surface area contributed by atoms with Crippen molar-refractivity contribution in [2.45, 2.75) is 0 Å². The second kappa shape index (κ2) is 8.29. The number of pyridine rings is 1. The van der Waals surface area contributed by atoms with E-state index < -0.39 is 5.91 Å². The minimum Gasteiger partial charge on any atom is -0.507 e. The highest BCUT2D eigenvalue weighted by atomic mass is 16.3. The fraction of sp³-hybridized carbons (Fsp3) is 0. The van der Waals surface area contributed by atoms with Gasteiger partial charge in [-0.3, -0.25) is 9.78 Å². The Morgan fingerprint density at radius 2 is 1.81 bits per heavy atom. The molecule has 0 spiro atoms. The van der Waals surface area contributed by atoms with Gasteiger partial charge in [-0.25, -0.2) is 5.43 Å². The van der Waals surface area contributed by atoms with E-state index in [-0.39, 0.29) is 5.75 Å². The van der Waals surface area contributed by atoms with E-state index in [1.54, 1.807) is 30.5 Å². The third-order valence-corrected chi connectivity index (χ3v) is 3.34. The van der Waals surface area contributed by atoms with Crippen LogP contribution in [0.3, 0.4) is 0 Å². The maximum Gasteiger partial charge on any atom is 0.272 e. The lowest BCUT2D eigenvalue weighted by Gasteiger charge is -2.01. The van der Waals surface area contributed by atoms with Crippen LogP contribution in [0, 0.1) is 0 Å². The molecule has 128 valence electrons. The molecule has 0 unspecified atom stereocenters. The van der Waals surface area contributed by atoms with Crippen LogP contribution in [-0.4, -0.2) is 22.2 Å². The molecule has 0 saturated heterocycles. The van der Waals surface area contributed by atoms with Crippen molar-refractivity contribution in [2.75, 3.05) is 0 Å². The smallest absolute Gasteiger partial charge is 0.272 e. The zero-order chi connectivity index (χ0) is 18.2. The van der Waals surface area contributed by atoms with Crippen LogP contribution < -0.4 is 5.43 Å². The molecule has 2 N–H and O–H groups in total. The summed E-state index contributed by atoms with van der Waals surface area (Å²) in [5, 5.41) is 22.0. The first-order chi connectivity index (χ1) is 12.7. The SMILES string of the molecule is O=C(N/N=C/c1cc(N=Nc2ccccc2)ccc1O)c1cccnc1. The number of hydrogen-bond acceptors (Lipinski definition) is 6. The first-order valence-corrected chi connectivity index (χ1v) is 7.75. The number of nitrogens with zero attached hydrogens (tertiary/aromatic N) is 4. The molecular formula is C19H15N5O2. The lowest BCUT2D eigenvalue weighted by Crippen LogP contribution is -2.17. The number of amides is 1. The van der Waals surface area contributed by atoms with Crippen LogP contribution >= 0.6 is 0 Å². The first kappa shape index (κ1) is 17.0. The van der Waals surface area contributed by atoms with Crippen LogP contribution in [0.5, 0.6) is 5.75 Å². The van der Waals surface area contributed by atoms with Gasteiger partial charge in [-0.1, -0.05) is 18.2 Å². The number of azo groups is 1. The Hall–Kier alpha value is -3.87. The number of hydrogen-bond donors (Lipinski definition) is 2. The van der Waals surface area contributed by atoms with Crippen LogP contribution in [0.25, 0.3) is 0 Å². The number of carbonyl (C=O) groups excluding carboxylic acids is 1. The summed E-state index contributed by atoms with van der Waals surface area (Å²) in [5.41, 5.74) is 4.44. The average molecular weight is 345 g/mol. The van der Waals surface area contributed by atoms with Gasteiger partial charge in [0.25, 0.3) is 5.91 Å². The molecule has 3 rings (SSSR count). The Bertz CT molecular complexity index is 941. The standard InChI is InChI=1S/C19H15N5O2/c25-18-9-8-17(23-22-16-6-2-1-3-7-16)11-15(18)13-21-24-19(26)14-5-4-10-20-12-14/h1-13,25H,(H,24,26)/b21-13+,23-22?. The largest absolute Gasteiger partial charge is 0.507 e. The molecule has 1 amide bonds. The molecule has 7 heteroatoms. The number of hydrazone groups is 1. The van der Waals surface area contributed by atoms with Crippen LogP contribution in [0.15, 0.2) is 88.4 Å². The summed E-state index contributed by atoms with van der Waals surface area (Å²) in [6.45, 7) is 0. The van der Waals surface area contributed by atoms with E-state index >= 15 is 0 Å². The summed E-state index contributed by atoms with van der Waals surface area (Å²) in [6.07, 6.45) is 4.35. The van der Waals surface area contributed by atoms with Gasteiger partial charge in [0.2, 0.25) is 0 Å². The molecule has 0 aliphatic carbocycles. The maximum absolute atomic E-state index is 11.9. The molecule has 0 saturated carbocycles. The molecule has 7 nitrogen and oxygen atoms in total. The highest BCUT2D eigenvalue weighted by molar-refractivity contribution is 5.94. The summed E-state index contributed by atoms with van der Waals surface area (Å²) in [6, 6.07) is 17.3. The van der Waals surface area contributed by atoms with Crippen molar-refractivity contribution < 1.29 is 9.90 Å². The Labute approximate surface area is 149 Å². The summed E-state index contributed by atoms with van der Waals surface area (Å²) in [4.78, 5) is 15.8. The number of nitrogens with one attached hydrogen (secondary N) is 1. The van der Waals surface area contributed by atoms with E-state index in [1.807, 2.05) is 30.3 Å². The fourth-order valence-corrected chi connectivity index (χ4v) is 2.04. The predicted molar refractivity (Wildman–Crippen MR) is 98.0 cm³/mol. The Balaban J connectivity index is 1.69. The number of phenols is 1. The predicted octanol–water partition coefficient (Wildman–Crippen LogP) is 3.97. The first-order valence-electron chi connectivity index (χ1n) is 7.75. The molecule has 0 bridgehead atoms. The van der Waals surface area contributed by atoms with Gasteiger partial charge >= 0.3 is 0 Å². The normalized spacial score (nSPS) is 11.1. The third kappa shape index (κ3) is 4.57.